The van der Waals surface area contributed by atoms with Crippen molar-refractivity contribution in [1.82, 2.24) is 16.0 Å². The van der Waals surface area contributed by atoms with Crippen LogP contribution in [0.2, 0.25) is 0 Å². The molecule has 12 nitrogen and oxygen atoms in total. The zero-order chi connectivity index (χ0) is 39.7. The van der Waals surface area contributed by atoms with Crippen LogP contribution in [0.4, 0.5) is 0 Å². The molecule has 0 aromatic carbocycles. The van der Waals surface area contributed by atoms with Crippen molar-refractivity contribution in [3.63, 3.8) is 0 Å². The maximum atomic E-state index is 13.8. The summed E-state index contributed by atoms with van der Waals surface area (Å²) in [7, 11) is 0. The molecule has 4 atom stereocenters. The van der Waals surface area contributed by atoms with Crippen LogP contribution in [0.1, 0.15) is 182 Å². The summed E-state index contributed by atoms with van der Waals surface area (Å²) in [5.74, 6) is -1.17. The zero-order valence-electron chi connectivity index (χ0n) is 34.4. The van der Waals surface area contributed by atoms with Gasteiger partial charge in [-0.25, -0.2) is 0 Å². The van der Waals surface area contributed by atoms with Crippen LogP contribution < -0.4 is 38.9 Å². The normalized spacial score (nSPS) is 13.6. The number of Topliss-reactive ketones (excluding diaryl/α,β-unsaturated/α-hetero) is 1. The van der Waals surface area contributed by atoms with Crippen molar-refractivity contribution in [2.45, 2.75) is 200 Å². The topological polar surface area (TPSA) is 221 Å². The molecule has 0 bridgehead atoms. The Bertz CT molecular complexity index is 989. The van der Waals surface area contributed by atoms with E-state index in [2.05, 4.69) is 27.9 Å². The third-order valence-electron chi connectivity index (χ3n) is 9.81. The van der Waals surface area contributed by atoms with E-state index in [1.165, 1.54) is 64.2 Å². The van der Waals surface area contributed by atoms with Crippen LogP contribution in [0, 0.1) is 11.8 Å². The van der Waals surface area contributed by atoms with Crippen molar-refractivity contribution < 1.29 is 19.2 Å². The average Bonchev–Trinajstić information content (AvgIpc) is 3.10. The molecule has 0 rings (SSSR count). The highest BCUT2D eigenvalue weighted by Crippen LogP contribution is 2.20. The second-order valence-corrected chi connectivity index (χ2v) is 15.6. The van der Waals surface area contributed by atoms with E-state index < -0.39 is 18.0 Å². The summed E-state index contributed by atoms with van der Waals surface area (Å²) in [6, 6.07) is -1.64. The predicted octanol–water partition coefficient (Wildman–Crippen LogP) is 5.88. The van der Waals surface area contributed by atoms with Crippen molar-refractivity contribution in [3.8, 4) is 0 Å². The summed E-state index contributed by atoms with van der Waals surface area (Å²) in [5, 5.41) is 8.98. The minimum absolute atomic E-state index is 0.0154. The number of hydrogen-bond acceptors (Lipinski definition) is 7. The zero-order valence-corrected chi connectivity index (χ0v) is 34.4. The van der Waals surface area contributed by atoms with Gasteiger partial charge in [0.05, 0.1) is 6.04 Å². The van der Waals surface area contributed by atoms with Gasteiger partial charge >= 0.3 is 0 Å². The van der Waals surface area contributed by atoms with Gasteiger partial charge < -0.3 is 38.9 Å². The molecule has 0 aliphatic carbocycles. The second-order valence-electron chi connectivity index (χ2n) is 15.6. The van der Waals surface area contributed by atoms with Gasteiger partial charge in [-0.2, -0.15) is 0 Å². The molecule has 0 heterocycles. The molecular weight excluding hydrogens is 669 g/mol. The molecule has 0 unspecified atom stereocenters. The number of carbonyl (C=O) groups excluding carboxylic acids is 4. The van der Waals surface area contributed by atoms with Gasteiger partial charge in [0.15, 0.2) is 11.7 Å². The largest absolute Gasteiger partial charge is 0.370 e. The van der Waals surface area contributed by atoms with Gasteiger partial charge in [-0.3, -0.25) is 24.2 Å². The lowest BCUT2D eigenvalue weighted by molar-refractivity contribution is -0.134. The number of rotatable bonds is 36. The van der Waals surface area contributed by atoms with Crippen LogP contribution in [0.25, 0.3) is 0 Å². The molecule has 11 N–H and O–H groups in total. The van der Waals surface area contributed by atoms with E-state index in [-0.39, 0.29) is 47.8 Å². The standard InChI is InChI=1S/C41H82N8O4/c1-5-6-7-8-9-10-11-12-13-14-15-16-17-26-38(51)48-36(25-19-21-28-43)40(53)49-35(24-18-20-27-42)37(50)31-34(30-32(2)3)39(52)47-33(4)23-22-29-46-41(44)45/h32-36H,5-31,42-43H2,1-4H3,(H,47,52)(H,48,51)(H,49,53)(H4,44,45,46)/t33-,34-,35-,36+/m1/s1. The lowest BCUT2D eigenvalue weighted by atomic mass is 9.88. The summed E-state index contributed by atoms with van der Waals surface area (Å²) < 4.78 is 0. The Hall–Kier alpha value is -2.73. The van der Waals surface area contributed by atoms with E-state index in [0.29, 0.717) is 77.4 Å². The molecule has 0 saturated carbocycles. The fourth-order valence-electron chi connectivity index (χ4n) is 6.69. The molecule has 0 aromatic heterocycles. The van der Waals surface area contributed by atoms with Crippen molar-refractivity contribution in [2.24, 2.45) is 39.8 Å². The molecule has 12 heteroatoms. The number of amides is 3. The van der Waals surface area contributed by atoms with Crippen LogP contribution in [0.5, 0.6) is 0 Å². The van der Waals surface area contributed by atoms with E-state index in [4.69, 9.17) is 22.9 Å². The van der Waals surface area contributed by atoms with Crippen molar-refractivity contribution in [3.05, 3.63) is 0 Å². The van der Waals surface area contributed by atoms with Gasteiger partial charge in [0.1, 0.15) is 6.04 Å². The molecule has 0 aromatic rings. The van der Waals surface area contributed by atoms with Crippen molar-refractivity contribution in [2.75, 3.05) is 19.6 Å². The first-order chi connectivity index (χ1) is 25.4. The number of carbonyl (C=O) groups is 4. The number of unbranched alkanes of at least 4 members (excludes halogenated alkanes) is 14. The molecule has 0 saturated heterocycles. The summed E-state index contributed by atoms with van der Waals surface area (Å²) >= 11 is 0. The quantitative estimate of drug-likeness (QED) is 0.0232. The minimum Gasteiger partial charge on any atom is -0.370 e. The SMILES string of the molecule is CCCCCCCCCCCCCCCC(=O)N[C@@H](CCCCN)C(=O)N[C@H](CCCCN)C(=O)C[C@@H](CC(C)C)C(=O)N[C@H](C)CCCN=C(N)N. The summed E-state index contributed by atoms with van der Waals surface area (Å²) in [6.07, 6.45) is 22.0. The molecule has 0 radical (unpaired) electrons. The molecule has 0 aliphatic heterocycles. The molecule has 310 valence electrons. The van der Waals surface area contributed by atoms with Gasteiger partial charge in [0.25, 0.3) is 0 Å². The highest BCUT2D eigenvalue weighted by molar-refractivity contribution is 5.94. The number of nitrogens with one attached hydrogen (secondary N) is 3. The second kappa shape index (κ2) is 33.8. The first-order valence-corrected chi connectivity index (χ1v) is 21.3. The Morgan fingerprint density at radius 2 is 1.11 bits per heavy atom. The molecule has 53 heavy (non-hydrogen) atoms. The van der Waals surface area contributed by atoms with E-state index >= 15 is 0 Å². The number of guanidine groups is 1. The summed E-state index contributed by atoms with van der Waals surface area (Å²) in [4.78, 5) is 57.9. The predicted molar refractivity (Wildman–Crippen MR) is 220 cm³/mol. The highest BCUT2D eigenvalue weighted by Gasteiger charge is 2.30. The Morgan fingerprint density at radius 3 is 1.62 bits per heavy atom. The summed E-state index contributed by atoms with van der Waals surface area (Å²) in [5.41, 5.74) is 22.3. The maximum absolute atomic E-state index is 13.8. The van der Waals surface area contributed by atoms with E-state index in [1.807, 2.05) is 20.8 Å². The highest BCUT2D eigenvalue weighted by atomic mass is 16.2. The molecule has 0 aliphatic rings. The number of nitrogens with two attached hydrogens (primary N) is 4. The van der Waals surface area contributed by atoms with Crippen LogP contribution in [-0.4, -0.2) is 67.2 Å². The number of aliphatic imine (C=N–C) groups is 1. The Balaban J connectivity index is 5.20. The fraction of sp³-hybridized carbons (Fsp3) is 0.878. The molecular formula is C41H82N8O4. The van der Waals surface area contributed by atoms with Gasteiger partial charge in [-0.1, -0.05) is 97.8 Å². The average molecular weight is 751 g/mol. The number of ketones is 1. The van der Waals surface area contributed by atoms with Crippen LogP contribution in [0.15, 0.2) is 4.99 Å². The van der Waals surface area contributed by atoms with Gasteiger partial charge in [0.2, 0.25) is 17.7 Å². The van der Waals surface area contributed by atoms with E-state index in [9.17, 15) is 19.2 Å². The lowest BCUT2D eigenvalue weighted by Crippen LogP contribution is -2.52. The first kappa shape index (κ1) is 50.3. The van der Waals surface area contributed by atoms with Gasteiger partial charge in [0, 0.05) is 31.3 Å². The van der Waals surface area contributed by atoms with Crippen LogP contribution in [0.3, 0.4) is 0 Å². The fourth-order valence-corrected chi connectivity index (χ4v) is 6.69. The smallest absolute Gasteiger partial charge is 0.243 e. The summed E-state index contributed by atoms with van der Waals surface area (Å²) in [6.45, 7) is 9.68. The number of hydrogen-bond donors (Lipinski definition) is 7. The Labute approximate surface area is 323 Å². The van der Waals surface area contributed by atoms with Crippen molar-refractivity contribution in [1.29, 1.82) is 0 Å². The van der Waals surface area contributed by atoms with Crippen LogP contribution >= 0.6 is 0 Å². The molecule has 3 amide bonds. The minimum atomic E-state index is -0.775. The maximum Gasteiger partial charge on any atom is 0.243 e. The molecule has 0 spiro atoms. The third kappa shape index (κ3) is 29.3. The van der Waals surface area contributed by atoms with Crippen molar-refractivity contribution >= 4 is 29.5 Å². The molecule has 0 fully saturated rings. The van der Waals surface area contributed by atoms with Crippen LogP contribution in [-0.2, 0) is 19.2 Å². The first-order valence-electron chi connectivity index (χ1n) is 21.3. The lowest BCUT2D eigenvalue weighted by Gasteiger charge is -2.26. The number of nitrogens with zero attached hydrogens (tertiary/aromatic N) is 1. The van der Waals surface area contributed by atoms with Gasteiger partial charge in [-0.05, 0) is 90.1 Å². The monoisotopic (exact) mass is 751 g/mol. The van der Waals surface area contributed by atoms with Gasteiger partial charge in [-0.15, -0.1) is 0 Å². The third-order valence-corrected chi connectivity index (χ3v) is 9.81. The van der Waals surface area contributed by atoms with E-state index in [0.717, 1.165) is 25.7 Å². The Kier molecular flexibility index (Phi) is 32.1. The Morgan fingerprint density at radius 1 is 0.585 bits per heavy atom. The van der Waals surface area contributed by atoms with E-state index in [1.54, 1.807) is 0 Å².